The number of fused-ring (bicyclic) bond motifs is 1. The highest BCUT2D eigenvalue weighted by Gasteiger charge is 2.12. The van der Waals surface area contributed by atoms with Crippen LogP contribution in [0.4, 0.5) is 0 Å². The van der Waals surface area contributed by atoms with Gasteiger partial charge in [-0.15, -0.1) is 0 Å². The van der Waals surface area contributed by atoms with Gasteiger partial charge in [-0.3, -0.25) is 0 Å². The Morgan fingerprint density at radius 2 is 2.31 bits per heavy atom. The molecular weight excluding hydrogens is 253 g/mol. The van der Waals surface area contributed by atoms with Gasteiger partial charge in [-0.25, -0.2) is 0 Å². The fourth-order valence-corrected chi connectivity index (χ4v) is 2.29. The monoisotopic (exact) mass is 261 g/mol. The molecule has 0 amide bonds. The molecule has 0 saturated carbocycles. The van der Waals surface area contributed by atoms with Gasteiger partial charge in [0.05, 0.1) is 5.02 Å². The van der Waals surface area contributed by atoms with Gasteiger partial charge in [-0.05, 0) is 12.1 Å². The van der Waals surface area contributed by atoms with Crippen molar-refractivity contribution in [3.05, 3.63) is 27.2 Å². The molecule has 1 aromatic rings. The third-order valence-electron chi connectivity index (χ3n) is 1.93. The predicted molar refractivity (Wildman–Crippen MR) is 56.4 cm³/mol. The van der Waals surface area contributed by atoms with Crippen molar-refractivity contribution in [1.29, 1.82) is 0 Å². The van der Waals surface area contributed by atoms with Crippen molar-refractivity contribution >= 4 is 27.5 Å². The Morgan fingerprint density at radius 1 is 1.46 bits per heavy atom. The topological polar surface area (TPSA) is 21.3 Å². The standard InChI is InChI=1S/C9H9BrClNO/c10-7-3-6-5-12-1-2-13-9(6)8(11)4-7/h3-4,12H,1-2,5H2. The minimum Gasteiger partial charge on any atom is -0.490 e. The third kappa shape index (κ3) is 1.98. The molecule has 4 heteroatoms. The number of nitrogens with one attached hydrogen (secondary N) is 1. The van der Waals surface area contributed by atoms with E-state index >= 15 is 0 Å². The summed E-state index contributed by atoms with van der Waals surface area (Å²) in [6.07, 6.45) is 0. The molecular formula is C9H9BrClNO. The summed E-state index contributed by atoms with van der Waals surface area (Å²) < 4.78 is 6.51. The van der Waals surface area contributed by atoms with Crippen LogP contribution < -0.4 is 10.1 Å². The molecule has 0 spiro atoms. The van der Waals surface area contributed by atoms with E-state index in [1.54, 1.807) is 0 Å². The van der Waals surface area contributed by atoms with E-state index in [1.807, 2.05) is 12.1 Å². The van der Waals surface area contributed by atoms with Crippen LogP contribution in [-0.4, -0.2) is 13.2 Å². The summed E-state index contributed by atoms with van der Waals surface area (Å²) in [7, 11) is 0. The van der Waals surface area contributed by atoms with Crippen LogP contribution in [0, 0.1) is 0 Å². The van der Waals surface area contributed by atoms with Crippen LogP contribution in [0.5, 0.6) is 5.75 Å². The number of hydrogen-bond donors (Lipinski definition) is 1. The maximum atomic E-state index is 6.04. The van der Waals surface area contributed by atoms with Crippen molar-refractivity contribution in [2.75, 3.05) is 13.2 Å². The number of benzene rings is 1. The van der Waals surface area contributed by atoms with E-state index in [4.69, 9.17) is 16.3 Å². The summed E-state index contributed by atoms with van der Waals surface area (Å²) in [6.45, 7) is 2.35. The van der Waals surface area contributed by atoms with Crippen LogP contribution in [0.15, 0.2) is 16.6 Å². The van der Waals surface area contributed by atoms with Gasteiger partial charge in [-0.1, -0.05) is 27.5 Å². The van der Waals surface area contributed by atoms with Gasteiger partial charge >= 0.3 is 0 Å². The predicted octanol–water partition coefficient (Wildman–Crippen LogP) is 2.58. The number of hydrogen-bond acceptors (Lipinski definition) is 2. The summed E-state index contributed by atoms with van der Waals surface area (Å²) in [6, 6.07) is 3.88. The second kappa shape index (κ2) is 3.86. The largest absolute Gasteiger partial charge is 0.490 e. The number of ether oxygens (including phenoxy) is 1. The lowest BCUT2D eigenvalue weighted by molar-refractivity contribution is 0.326. The number of halogens is 2. The molecule has 1 N–H and O–H groups in total. The zero-order chi connectivity index (χ0) is 9.26. The summed E-state index contributed by atoms with van der Waals surface area (Å²) in [5.74, 6) is 0.815. The Balaban J connectivity index is 2.47. The summed E-state index contributed by atoms with van der Waals surface area (Å²) in [5, 5.41) is 3.93. The summed E-state index contributed by atoms with van der Waals surface area (Å²) in [4.78, 5) is 0. The molecule has 0 atom stereocenters. The van der Waals surface area contributed by atoms with Crippen LogP contribution in [0.1, 0.15) is 5.56 Å². The summed E-state index contributed by atoms with van der Waals surface area (Å²) in [5.41, 5.74) is 1.11. The quantitative estimate of drug-likeness (QED) is 0.776. The van der Waals surface area contributed by atoms with E-state index in [0.29, 0.717) is 11.6 Å². The molecule has 1 aliphatic heterocycles. The zero-order valence-electron chi connectivity index (χ0n) is 6.94. The average Bonchev–Trinajstić information content (AvgIpc) is 2.28. The van der Waals surface area contributed by atoms with Gasteiger partial charge in [0.15, 0.2) is 0 Å². The average molecular weight is 263 g/mol. The molecule has 2 rings (SSSR count). The Hall–Kier alpha value is -0.250. The van der Waals surface area contributed by atoms with Gasteiger partial charge < -0.3 is 10.1 Å². The Morgan fingerprint density at radius 3 is 3.15 bits per heavy atom. The van der Waals surface area contributed by atoms with Crippen LogP contribution in [-0.2, 0) is 6.54 Å². The Labute approximate surface area is 90.4 Å². The molecule has 13 heavy (non-hydrogen) atoms. The highest BCUT2D eigenvalue weighted by molar-refractivity contribution is 9.10. The van der Waals surface area contributed by atoms with Gasteiger partial charge in [0.25, 0.3) is 0 Å². The second-order valence-corrected chi connectivity index (χ2v) is 4.22. The molecule has 0 bridgehead atoms. The van der Waals surface area contributed by atoms with Gasteiger partial charge in [-0.2, -0.15) is 0 Å². The fourth-order valence-electron chi connectivity index (χ4n) is 1.35. The van der Waals surface area contributed by atoms with Crippen molar-refractivity contribution in [2.45, 2.75) is 6.54 Å². The normalized spacial score (nSPS) is 15.8. The van der Waals surface area contributed by atoms with Crippen molar-refractivity contribution < 1.29 is 4.74 Å². The van der Waals surface area contributed by atoms with Crippen LogP contribution in [0.2, 0.25) is 5.02 Å². The van der Waals surface area contributed by atoms with Crippen molar-refractivity contribution in [1.82, 2.24) is 5.32 Å². The molecule has 0 aliphatic carbocycles. The molecule has 0 saturated heterocycles. The minimum absolute atomic E-state index is 0.674. The first-order valence-electron chi connectivity index (χ1n) is 4.09. The molecule has 2 nitrogen and oxygen atoms in total. The van der Waals surface area contributed by atoms with E-state index < -0.39 is 0 Å². The highest BCUT2D eigenvalue weighted by atomic mass is 79.9. The van der Waals surface area contributed by atoms with Gasteiger partial charge in [0.1, 0.15) is 12.4 Å². The smallest absolute Gasteiger partial charge is 0.142 e. The highest BCUT2D eigenvalue weighted by Crippen LogP contribution is 2.33. The van der Waals surface area contributed by atoms with Crippen LogP contribution >= 0.6 is 27.5 Å². The zero-order valence-corrected chi connectivity index (χ0v) is 9.28. The van der Waals surface area contributed by atoms with E-state index in [2.05, 4.69) is 21.2 Å². The van der Waals surface area contributed by atoms with Crippen LogP contribution in [0.3, 0.4) is 0 Å². The molecule has 1 heterocycles. The minimum atomic E-state index is 0.674. The lowest BCUT2D eigenvalue weighted by Gasteiger charge is -2.08. The van der Waals surface area contributed by atoms with Gasteiger partial charge in [0.2, 0.25) is 0 Å². The van der Waals surface area contributed by atoms with E-state index in [1.165, 1.54) is 0 Å². The maximum absolute atomic E-state index is 6.04. The number of rotatable bonds is 0. The van der Waals surface area contributed by atoms with Gasteiger partial charge in [0, 0.05) is 23.1 Å². The molecule has 1 aliphatic rings. The Kier molecular flexibility index (Phi) is 2.77. The Bertz CT molecular complexity index is 330. The molecule has 1 aromatic carbocycles. The molecule has 0 unspecified atom stereocenters. The molecule has 70 valence electrons. The molecule has 0 aromatic heterocycles. The first-order valence-corrected chi connectivity index (χ1v) is 5.26. The van der Waals surface area contributed by atoms with E-state index in [-0.39, 0.29) is 0 Å². The van der Waals surface area contributed by atoms with E-state index in [9.17, 15) is 0 Å². The first kappa shape index (κ1) is 9.31. The maximum Gasteiger partial charge on any atom is 0.142 e. The second-order valence-electron chi connectivity index (χ2n) is 2.90. The lowest BCUT2D eigenvalue weighted by Crippen LogP contribution is -2.16. The van der Waals surface area contributed by atoms with Crippen molar-refractivity contribution in [2.24, 2.45) is 0 Å². The first-order chi connectivity index (χ1) is 6.27. The van der Waals surface area contributed by atoms with E-state index in [0.717, 1.165) is 28.9 Å². The SMILES string of the molecule is Clc1cc(Br)cc2c1OCCNC2. The van der Waals surface area contributed by atoms with Crippen molar-refractivity contribution in [3.8, 4) is 5.75 Å². The van der Waals surface area contributed by atoms with Crippen LogP contribution in [0.25, 0.3) is 0 Å². The molecule has 0 radical (unpaired) electrons. The molecule has 0 fully saturated rings. The lowest BCUT2D eigenvalue weighted by atomic mass is 10.2. The summed E-state index contributed by atoms with van der Waals surface area (Å²) >= 11 is 9.44. The third-order valence-corrected chi connectivity index (χ3v) is 2.66. The fraction of sp³-hybridized carbons (Fsp3) is 0.333. The van der Waals surface area contributed by atoms with Crippen molar-refractivity contribution in [3.63, 3.8) is 0 Å².